The zero-order chi connectivity index (χ0) is 12.3. The SMILES string of the molecule is CCOC1=CC(=O)C(C)C(c2ccccc2)=C1. The van der Waals surface area contributed by atoms with Gasteiger partial charge in [-0.15, -0.1) is 0 Å². The number of rotatable bonds is 3. The first kappa shape index (κ1) is 11.6. The fourth-order valence-electron chi connectivity index (χ4n) is 1.95. The molecule has 1 aromatic carbocycles. The minimum atomic E-state index is -0.0957. The summed E-state index contributed by atoms with van der Waals surface area (Å²) in [5, 5.41) is 0. The molecular formula is C15H16O2. The third-order valence-corrected chi connectivity index (χ3v) is 2.89. The number of ether oxygens (including phenoxy) is 1. The smallest absolute Gasteiger partial charge is 0.166 e. The van der Waals surface area contributed by atoms with Crippen LogP contribution in [0.25, 0.3) is 5.57 Å². The molecule has 1 aliphatic carbocycles. The summed E-state index contributed by atoms with van der Waals surface area (Å²) in [6.45, 7) is 4.42. The molecule has 0 aliphatic heterocycles. The summed E-state index contributed by atoms with van der Waals surface area (Å²) < 4.78 is 5.42. The van der Waals surface area contributed by atoms with Crippen LogP contribution in [0.1, 0.15) is 19.4 Å². The van der Waals surface area contributed by atoms with E-state index in [9.17, 15) is 4.79 Å². The van der Waals surface area contributed by atoms with Gasteiger partial charge in [0.25, 0.3) is 0 Å². The van der Waals surface area contributed by atoms with Crippen LogP contribution in [-0.4, -0.2) is 12.4 Å². The second kappa shape index (κ2) is 5.00. The molecule has 0 radical (unpaired) electrons. The molecule has 88 valence electrons. The maximum atomic E-state index is 11.9. The monoisotopic (exact) mass is 228 g/mol. The van der Waals surface area contributed by atoms with E-state index in [1.807, 2.05) is 50.3 Å². The van der Waals surface area contributed by atoms with E-state index in [-0.39, 0.29) is 11.7 Å². The predicted molar refractivity (Wildman–Crippen MR) is 68.3 cm³/mol. The van der Waals surface area contributed by atoms with E-state index >= 15 is 0 Å². The summed E-state index contributed by atoms with van der Waals surface area (Å²) in [6.07, 6.45) is 3.55. The van der Waals surface area contributed by atoms with Crippen LogP contribution in [0.3, 0.4) is 0 Å². The first-order chi connectivity index (χ1) is 8.22. The van der Waals surface area contributed by atoms with Crippen molar-refractivity contribution in [3.05, 3.63) is 53.8 Å². The third-order valence-electron chi connectivity index (χ3n) is 2.89. The Hall–Kier alpha value is -1.83. The zero-order valence-corrected chi connectivity index (χ0v) is 10.1. The molecule has 1 atom stereocenters. The zero-order valence-electron chi connectivity index (χ0n) is 10.1. The Morgan fingerprint density at radius 1 is 1.18 bits per heavy atom. The average Bonchev–Trinajstić information content (AvgIpc) is 2.35. The van der Waals surface area contributed by atoms with Crippen molar-refractivity contribution in [2.45, 2.75) is 13.8 Å². The number of carbonyl (C=O) groups excluding carboxylic acids is 1. The molecule has 1 unspecified atom stereocenters. The Labute approximate surface area is 102 Å². The molecule has 17 heavy (non-hydrogen) atoms. The second-order valence-electron chi connectivity index (χ2n) is 4.07. The average molecular weight is 228 g/mol. The van der Waals surface area contributed by atoms with Crippen molar-refractivity contribution in [3.8, 4) is 0 Å². The highest BCUT2D eigenvalue weighted by atomic mass is 16.5. The topological polar surface area (TPSA) is 26.3 Å². The lowest BCUT2D eigenvalue weighted by molar-refractivity contribution is -0.116. The normalized spacial score (nSPS) is 19.6. The Kier molecular flexibility index (Phi) is 3.43. The van der Waals surface area contributed by atoms with Gasteiger partial charge in [-0.25, -0.2) is 0 Å². The van der Waals surface area contributed by atoms with Crippen molar-refractivity contribution < 1.29 is 9.53 Å². The Morgan fingerprint density at radius 3 is 2.53 bits per heavy atom. The molecule has 2 nitrogen and oxygen atoms in total. The number of allylic oxidation sites excluding steroid dienone is 3. The molecule has 0 N–H and O–H groups in total. The summed E-state index contributed by atoms with van der Waals surface area (Å²) in [6, 6.07) is 9.96. The van der Waals surface area contributed by atoms with E-state index in [1.165, 1.54) is 0 Å². The van der Waals surface area contributed by atoms with Gasteiger partial charge in [-0.1, -0.05) is 37.3 Å². The minimum absolute atomic E-state index is 0.0957. The second-order valence-corrected chi connectivity index (χ2v) is 4.07. The van der Waals surface area contributed by atoms with Crippen LogP contribution in [0, 0.1) is 5.92 Å². The van der Waals surface area contributed by atoms with E-state index in [1.54, 1.807) is 6.08 Å². The molecule has 2 rings (SSSR count). The predicted octanol–water partition coefficient (Wildman–Crippen LogP) is 3.21. The highest BCUT2D eigenvalue weighted by Gasteiger charge is 2.22. The molecule has 0 fully saturated rings. The largest absolute Gasteiger partial charge is 0.494 e. The summed E-state index contributed by atoms with van der Waals surface area (Å²) in [4.78, 5) is 11.9. The Balaban J connectivity index is 2.38. The molecule has 0 spiro atoms. The highest BCUT2D eigenvalue weighted by molar-refractivity contribution is 6.03. The maximum Gasteiger partial charge on any atom is 0.166 e. The van der Waals surface area contributed by atoms with Crippen molar-refractivity contribution in [3.63, 3.8) is 0 Å². The van der Waals surface area contributed by atoms with Crippen LogP contribution in [0.15, 0.2) is 48.2 Å². The van der Waals surface area contributed by atoms with Gasteiger partial charge in [-0.3, -0.25) is 4.79 Å². The molecule has 0 heterocycles. The summed E-state index contributed by atoms with van der Waals surface area (Å²) >= 11 is 0. The lowest BCUT2D eigenvalue weighted by atomic mass is 9.87. The number of ketones is 1. The van der Waals surface area contributed by atoms with Crippen molar-refractivity contribution in [1.29, 1.82) is 0 Å². The minimum Gasteiger partial charge on any atom is -0.494 e. The quantitative estimate of drug-likeness (QED) is 0.794. The number of benzene rings is 1. The first-order valence-electron chi connectivity index (χ1n) is 5.87. The van der Waals surface area contributed by atoms with Crippen molar-refractivity contribution in [1.82, 2.24) is 0 Å². The molecule has 2 heteroatoms. The molecular weight excluding hydrogens is 212 g/mol. The fraction of sp³-hybridized carbons (Fsp3) is 0.267. The van der Waals surface area contributed by atoms with Crippen LogP contribution in [0.2, 0.25) is 0 Å². The molecule has 1 aromatic rings. The van der Waals surface area contributed by atoms with Crippen LogP contribution >= 0.6 is 0 Å². The lowest BCUT2D eigenvalue weighted by Crippen LogP contribution is -2.15. The Bertz CT molecular complexity index is 469. The number of hydrogen-bond donors (Lipinski definition) is 0. The van der Waals surface area contributed by atoms with Crippen LogP contribution < -0.4 is 0 Å². The van der Waals surface area contributed by atoms with Gasteiger partial charge in [0.05, 0.1) is 6.61 Å². The van der Waals surface area contributed by atoms with Gasteiger partial charge in [0, 0.05) is 12.0 Å². The number of hydrogen-bond acceptors (Lipinski definition) is 2. The van der Waals surface area contributed by atoms with Crippen molar-refractivity contribution >= 4 is 11.4 Å². The number of carbonyl (C=O) groups is 1. The lowest BCUT2D eigenvalue weighted by Gasteiger charge is -2.19. The van der Waals surface area contributed by atoms with Crippen molar-refractivity contribution in [2.24, 2.45) is 5.92 Å². The molecule has 0 saturated heterocycles. The molecule has 0 saturated carbocycles. The van der Waals surface area contributed by atoms with E-state index in [4.69, 9.17) is 4.74 Å². The Morgan fingerprint density at radius 2 is 1.88 bits per heavy atom. The summed E-state index contributed by atoms with van der Waals surface area (Å²) in [5.41, 5.74) is 2.11. The van der Waals surface area contributed by atoms with Gasteiger partial charge in [0.2, 0.25) is 0 Å². The van der Waals surface area contributed by atoms with Gasteiger partial charge >= 0.3 is 0 Å². The van der Waals surface area contributed by atoms with Gasteiger partial charge in [-0.05, 0) is 24.1 Å². The van der Waals surface area contributed by atoms with E-state index in [0.717, 1.165) is 11.1 Å². The van der Waals surface area contributed by atoms with Crippen molar-refractivity contribution in [2.75, 3.05) is 6.61 Å². The standard InChI is InChI=1S/C15H16O2/c1-3-17-13-9-14(11(2)15(16)10-13)12-7-5-4-6-8-12/h4-11H,3H2,1-2H3. The maximum absolute atomic E-state index is 11.9. The fourth-order valence-corrected chi connectivity index (χ4v) is 1.95. The van der Waals surface area contributed by atoms with Gasteiger partial charge in [0.1, 0.15) is 5.76 Å². The third kappa shape index (κ3) is 2.47. The molecule has 0 bridgehead atoms. The van der Waals surface area contributed by atoms with E-state index in [0.29, 0.717) is 12.4 Å². The van der Waals surface area contributed by atoms with Gasteiger partial charge < -0.3 is 4.74 Å². The van der Waals surface area contributed by atoms with Crippen LogP contribution in [-0.2, 0) is 9.53 Å². The van der Waals surface area contributed by atoms with Crippen LogP contribution in [0.4, 0.5) is 0 Å². The summed E-state index contributed by atoms with van der Waals surface area (Å²) in [5.74, 6) is 0.672. The molecule has 1 aliphatic rings. The van der Waals surface area contributed by atoms with E-state index in [2.05, 4.69) is 0 Å². The highest BCUT2D eigenvalue weighted by Crippen LogP contribution is 2.29. The first-order valence-corrected chi connectivity index (χ1v) is 5.87. The van der Waals surface area contributed by atoms with Gasteiger partial charge in [0.15, 0.2) is 5.78 Å². The van der Waals surface area contributed by atoms with Gasteiger partial charge in [-0.2, -0.15) is 0 Å². The van der Waals surface area contributed by atoms with E-state index < -0.39 is 0 Å². The summed E-state index contributed by atoms with van der Waals surface area (Å²) in [7, 11) is 0. The van der Waals surface area contributed by atoms with Crippen LogP contribution in [0.5, 0.6) is 0 Å². The molecule has 0 aromatic heterocycles. The molecule has 0 amide bonds.